The van der Waals surface area contributed by atoms with Crippen LogP contribution in [0.5, 0.6) is 0 Å². The zero-order chi connectivity index (χ0) is 14.9. The molecule has 9 nitrogen and oxygen atoms in total. The Morgan fingerprint density at radius 3 is 3.00 bits per heavy atom. The van der Waals surface area contributed by atoms with Gasteiger partial charge in [0.2, 0.25) is 13.3 Å². The van der Waals surface area contributed by atoms with Gasteiger partial charge in [-0.25, -0.2) is 4.98 Å². The fraction of sp³-hybridized carbons (Fsp3) is 0.500. The van der Waals surface area contributed by atoms with Crippen LogP contribution in [-0.2, 0) is 15.8 Å². The van der Waals surface area contributed by atoms with Gasteiger partial charge in [0, 0.05) is 6.66 Å². The van der Waals surface area contributed by atoms with E-state index in [-0.39, 0.29) is 23.9 Å². The number of nitrogens with one attached hydrogen (secondary N) is 1. The first-order chi connectivity index (χ1) is 9.26. The molecule has 0 radical (unpaired) electrons. The Bertz CT molecular complexity index is 718. The Morgan fingerprint density at radius 2 is 2.35 bits per heavy atom. The smallest absolute Gasteiger partial charge is 0.280 e. The molecule has 0 bridgehead atoms. The summed E-state index contributed by atoms with van der Waals surface area (Å²) >= 11 is 0. The fourth-order valence-corrected chi connectivity index (χ4v) is 2.23. The van der Waals surface area contributed by atoms with Gasteiger partial charge in [0.15, 0.2) is 11.2 Å². The van der Waals surface area contributed by atoms with Gasteiger partial charge in [-0.2, -0.15) is 4.98 Å². The predicted octanol–water partition coefficient (Wildman–Crippen LogP) is -0.0354. The van der Waals surface area contributed by atoms with Crippen LogP contribution >= 0.6 is 7.37 Å². The third-order valence-electron chi connectivity index (χ3n) is 2.55. The van der Waals surface area contributed by atoms with Crippen molar-refractivity contribution >= 4 is 24.5 Å². The molecule has 2 aromatic rings. The van der Waals surface area contributed by atoms with Gasteiger partial charge in [-0.15, -0.1) is 0 Å². The second-order valence-corrected chi connectivity index (χ2v) is 7.04. The summed E-state index contributed by atoms with van der Waals surface area (Å²) in [6, 6.07) is 0. The summed E-state index contributed by atoms with van der Waals surface area (Å²) in [5.74, 6) is 0.00578. The molecule has 20 heavy (non-hydrogen) atoms. The standard InChI is InChI=1S/C10H16N5O4P/c1-6(19-5-20(2,17)18)3-15-4-12-7-8(15)13-10(11)14-9(7)16/h4,6H,3,5H2,1-2H3,(H,17,18)(H3,11,13,14,16)/t6-/m1/s1. The second-order valence-electron chi connectivity index (χ2n) is 4.68. The van der Waals surface area contributed by atoms with Crippen LogP contribution in [0.1, 0.15) is 6.92 Å². The zero-order valence-corrected chi connectivity index (χ0v) is 12.0. The summed E-state index contributed by atoms with van der Waals surface area (Å²) in [5, 5.41) is 0. The number of anilines is 1. The van der Waals surface area contributed by atoms with Crippen molar-refractivity contribution in [3.05, 3.63) is 16.7 Å². The summed E-state index contributed by atoms with van der Waals surface area (Å²) in [5.41, 5.74) is 5.62. The molecule has 2 aromatic heterocycles. The van der Waals surface area contributed by atoms with Crippen molar-refractivity contribution in [2.24, 2.45) is 0 Å². The molecular formula is C10H16N5O4P. The van der Waals surface area contributed by atoms with Crippen molar-refractivity contribution in [3.8, 4) is 0 Å². The number of aromatic nitrogens is 4. The Hall–Kier alpha value is -1.70. The van der Waals surface area contributed by atoms with Gasteiger partial charge in [0.1, 0.15) is 6.35 Å². The Kier molecular flexibility index (Phi) is 3.94. The molecule has 2 atom stereocenters. The molecule has 0 spiro atoms. The maximum absolute atomic E-state index is 11.6. The van der Waals surface area contributed by atoms with Gasteiger partial charge in [-0.3, -0.25) is 14.3 Å². The minimum absolute atomic E-state index is 0.00578. The summed E-state index contributed by atoms with van der Waals surface area (Å²) in [7, 11) is -3.21. The van der Waals surface area contributed by atoms with Crippen LogP contribution in [0, 0.1) is 0 Å². The quantitative estimate of drug-likeness (QED) is 0.659. The number of ether oxygens (including phenoxy) is 1. The van der Waals surface area contributed by atoms with E-state index in [9.17, 15) is 14.3 Å². The highest BCUT2D eigenvalue weighted by molar-refractivity contribution is 7.56. The van der Waals surface area contributed by atoms with Crippen LogP contribution in [0.25, 0.3) is 11.2 Å². The van der Waals surface area contributed by atoms with Crippen molar-refractivity contribution in [1.82, 2.24) is 19.5 Å². The summed E-state index contributed by atoms with van der Waals surface area (Å²) in [4.78, 5) is 31.1. The van der Waals surface area contributed by atoms with Crippen LogP contribution in [0.4, 0.5) is 5.95 Å². The van der Waals surface area contributed by atoms with Crippen molar-refractivity contribution in [2.75, 3.05) is 18.7 Å². The number of nitrogens with two attached hydrogens (primary N) is 1. The van der Waals surface area contributed by atoms with Crippen molar-refractivity contribution in [2.45, 2.75) is 19.6 Å². The average Bonchev–Trinajstić information content (AvgIpc) is 2.69. The summed E-state index contributed by atoms with van der Waals surface area (Å²) in [6.07, 6.45) is 0.892. The molecule has 0 aliphatic carbocycles. The van der Waals surface area contributed by atoms with Gasteiger partial charge in [0.05, 0.1) is 19.0 Å². The van der Waals surface area contributed by atoms with E-state index < -0.39 is 12.9 Å². The van der Waals surface area contributed by atoms with Gasteiger partial charge >= 0.3 is 0 Å². The van der Waals surface area contributed by atoms with E-state index in [4.69, 9.17) is 10.5 Å². The molecule has 0 aromatic carbocycles. The molecule has 110 valence electrons. The molecular weight excluding hydrogens is 285 g/mol. The highest BCUT2D eigenvalue weighted by Crippen LogP contribution is 2.35. The molecule has 2 heterocycles. The van der Waals surface area contributed by atoms with Gasteiger partial charge in [-0.1, -0.05) is 0 Å². The summed E-state index contributed by atoms with van der Waals surface area (Å²) < 4.78 is 18.1. The molecule has 10 heteroatoms. The molecule has 0 saturated carbocycles. The lowest BCUT2D eigenvalue weighted by molar-refractivity contribution is 0.0830. The van der Waals surface area contributed by atoms with Crippen LogP contribution in [0.2, 0.25) is 0 Å². The number of nitrogens with zero attached hydrogens (tertiary/aromatic N) is 3. The number of hydrogen-bond acceptors (Lipinski definition) is 6. The van der Waals surface area contributed by atoms with E-state index in [1.807, 2.05) is 0 Å². The number of nitrogen functional groups attached to an aromatic ring is 1. The first-order valence-corrected chi connectivity index (χ1v) is 8.17. The number of H-pyrrole nitrogens is 1. The maximum Gasteiger partial charge on any atom is 0.280 e. The lowest BCUT2D eigenvalue weighted by Gasteiger charge is -2.15. The van der Waals surface area contributed by atoms with Crippen LogP contribution in [0.15, 0.2) is 11.1 Å². The van der Waals surface area contributed by atoms with Crippen molar-refractivity contribution < 1.29 is 14.2 Å². The average molecular weight is 301 g/mol. The van der Waals surface area contributed by atoms with Crippen molar-refractivity contribution in [3.63, 3.8) is 0 Å². The molecule has 1 unspecified atom stereocenters. The lowest BCUT2D eigenvalue weighted by Crippen LogP contribution is -2.18. The summed E-state index contributed by atoms with van der Waals surface area (Å²) in [6.45, 7) is 3.32. The molecule has 0 aliphatic heterocycles. The highest BCUT2D eigenvalue weighted by atomic mass is 31.2. The number of fused-ring (bicyclic) bond motifs is 1. The van der Waals surface area contributed by atoms with E-state index in [0.29, 0.717) is 12.2 Å². The number of aromatic amines is 1. The fourth-order valence-electron chi connectivity index (χ4n) is 1.70. The van der Waals surface area contributed by atoms with E-state index >= 15 is 0 Å². The number of rotatable bonds is 5. The van der Waals surface area contributed by atoms with Crippen LogP contribution in [0.3, 0.4) is 0 Å². The largest absolute Gasteiger partial charge is 0.369 e. The molecule has 0 aliphatic rings. The second kappa shape index (κ2) is 5.35. The highest BCUT2D eigenvalue weighted by Gasteiger charge is 2.15. The number of hydrogen-bond donors (Lipinski definition) is 3. The molecule has 2 rings (SSSR count). The van der Waals surface area contributed by atoms with E-state index in [1.165, 1.54) is 13.0 Å². The van der Waals surface area contributed by atoms with Crippen LogP contribution < -0.4 is 11.3 Å². The third-order valence-corrected chi connectivity index (χ3v) is 3.17. The normalized spacial score (nSPS) is 16.1. The predicted molar refractivity (Wildman–Crippen MR) is 73.7 cm³/mol. The van der Waals surface area contributed by atoms with E-state index in [2.05, 4.69) is 15.0 Å². The number of imidazole rings is 1. The van der Waals surface area contributed by atoms with Crippen LogP contribution in [-0.4, -0.2) is 43.5 Å². The minimum atomic E-state index is -3.21. The van der Waals surface area contributed by atoms with Gasteiger partial charge in [-0.05, 0) is 6.92 Å². The lowest BCUT2D eigenvalue weighted by atomic mass is 10.4. The first kappa shape index (κ1) is 14.7. The van der Waals surface area contributed by atoms with E-state index in [1.54, 1.807) is 11.5 Å². The topological polar surface area (TPSA) is 136 Å². The van der Waals surface area contributed by atoms with E-state index in [0.717, 1.165) is 0 Å². The maximum atomic E-state index is 11.6. The van der Waals surface area contributed by atoms with Gasteiger partial charge < -0.3 is 19.9 Å². The zero-order valence-electron chi connectivity index (χ0n) is 11.1. The Balaban J connectivity index is 2.18. The van der Waals surface area contributed by atoms with Gasteiger partial charge in [0.25, 0.3) is 5.56 Å². The van der Waals surface area contributed by atoms with Crippen molar-refractivity contribution in [1.29, 1.82) is 0 Å². The SMILES string of the molecule is C[C@H](Cn1cnc2c(=O)[nH]c(N)nc21)OCP(C)(=O)O. The molecule has 4 N–H and O–H groups in total. The first-order valence-electron chi connectivity index (χ1n) is 5.88. The Morgan fingerprint density at radius 1 is 1.65 bits per heavy atom. The Labute approximate surface area is 114 Å². The minimum Gasteiger partial charge on any atom is -0.369 e. The molecule has 0 saturated heterocycles. The monoisotopic (exact) mass is 301 g/mol. The molecule has 0 amide bonds. The third kappa shape index (κ3) is 3.44. The molecule has 0 fully saturated rings.